The third-order valence-electron chi connectivity index (χ3n) is 14.4. The lowest BCUT2D eigenvalue weighted by atomic mass is 9.91. The normalized spacial score (nSPS) is 11.7. The second kappa shape index (κ2) is 16.7. The Morgan fingerprint density at radius 2 is 0.817 bits per heavy atom. The molecule has 0 N–H and O–H groups in total. The Labute approximate surface area is 411 Å². The number of hydrogen-bond acceptors (Lipinski definition) is 2. The predicted molar refractivity (Wildman–Crippen MR) is 299 cm³/mol. The van der Waals surface area contributed by atoms with Crippen LogP contribution >= 0.6 is 0 Å². The summed E-state index contributed by atoms with van der Waals surface area (Å²) in [5.74, 6) is 0. The van der Waals surface area contributed by atoms with E-state index in [0.717, 1.165) is 83.6 Å². The quantitative estimate of drug-likeness (QED) is 0.142. The molecule has 0 aliphatic carbocycles. The van der Waals surface area contributed by atoms with E-state index in [4.69, 9.17) is 4.42 Å². The number of fused-ring (bicyclic) bond motifs is 9. The van der Waals surface area contributed by atoms with Crippen LogP contribution in [-0.4, -0.2) is 4.57 Å². The third-order valence-corrected chi connectivity index (χ3v) is 14.4. The summed E-state index contributed by atoms with van der Waals surface area (Å²) >= 11 is 0. The maximum Gasteiger partial charge on any atom is 0.136 e. The van der Waals surface area contributed by atoms with Crippen molar-refractivity contribution < 1.29 is 4.42 Å². The number of benzene rings is 12. The first-order chi connectivity index (χ1) is 35.2. The van der Waals surface area contributed by atoms with Gasteiger partial charge in [0.15, 0.2) is 0 Å². The average Bonchev–Trinajstić information content (AvgIpc) is 3.99. The molecular weight excluding hydrogens is 861 g/mol. The van der Waals surface area contributed by atoms with E-state index < -0.39 is 0 Å². The maximum atomic E-state index is 6.34. The number of hydrogen-bond donors (Lipinski definition) is 0. The minimum absolute atomic E-state index is 0.889. The van der Waals surface area contributed by atoms with Crippen LogP contribution in [0.2, 0.25) is 0 Å². The van der Waals surface area contributed by atoms with Crippen molar-refractivity contribution in [3.05, 3.63) is 267 Å². The highest BCUT2D eigenvalue weighted by atomic mass is 16.3. The third kappa shape index (κ3) is 6.82. The van der Waals surface area contributed by atoms with Gasteiger partial charge in [0, 0.05) is 44.0 Å². The molecule has 0 fully saturated rings. The molecule has 0 unspecified atom stereocenters. The Balaban J connectivity index is 0.951. The van der Waals surface area contributed by atoms with Crippen LogP contribution in [0.1, 0.15) is 0 Å². The topological polar surface area (TPSA) is 21.3 Å². The van der Waals surface area contributed by atoms with Gasteiger partial charge >= 0.3 is 0 Å². The molecule has 14 rings (SSSR count). The second-order valence-electron chi connectivity index (χ2n) is 18.4. The summed E-state index contributed by atoms with van der Waals surface area (Å²) in [7, 11) is 0. The number of para-hydroxylation sites is 4. The summed E-state index contributed by atoms with van der Waals surface area (Å²) < 4.78 is 8.76. The molecule has 0 spiro atoms. The van der Waals surface area contributed by atoms with Crippen LogP contribution in [0, 0.1) is 0 Å². The lowest BCUT2D eigenvalue weighted by molar-refractivity contribution is 0.669. The summed E-state index contributed by atoms with van der Waals surface area (Å²) in [6.07, 6.45) is 0. The van der Waals surface area contributed by atoms with Crippen LogP contribution in [0.4, 0.5) is 17.1 Å². The molecule has 12 aromatic carbocycles. The molecular formula is C68H44N2O. The molecule has 0 amide bonds. The van der Waals surface area contributed by atoms with Gasteiger partial charge in [-0.05, 0) is 128 Å². The standard InChI is InChI=1S/C68H44N2O/c1-2-16-46(17-3-1)55-40-35-50(62-42-49-18-4-5-19-53(49)56-21-6-7-22-57(56)62)43-66(55)69(51-36-30-45(31-37-51)48-34-41-61-60-25-11-15-29-67(60)71-68(61)44-48)52-38-32-47(33-39-52)54-20-8-12-26-63(54)70-64-27-13-9-23-58(64)59-24-10-14-28-65(59)70/h1-44H. The van der Waals surface area contributed by atoms with Gasteiger partial charge in [0.1, 0.15) is 11.2 Å². The van der Waals surface area contributed by atoms with E-state index in [2.05, 4.69) is 264 Å². The van der Waals surface area contributed by atoms with Gasteiger partial charge in [-0.1, -0.05) is 194 Å². The lowest BCUT2D eigenvalue weighted by Crippen LogP contribution is -2.11. The monoisotopic (exact) mass is 904 g/mol. The molecule has 0 saturated carbocycles. The number of rotatable bonds is 8. The summed E-state index contributed by atoms with van der Waals surface area (Å²) in [5, 5.41) is 9.72. The zero-order valence-corrected chi connectivity index (χ0v) is 38.7. The molecule has 0 atom stereocenters. The highest BCUT2D eigenvalue weighted by molar-refractivity contribution is 6.14. The Bertz CT molecular complexity index is 4280. The van der Waals surface area contributed by atoms with Crippen molar-refractivity contribution in [1.82, 2.24) is 4.57 Å². The van der Waals surface area contributed by atoms with Gasteiger partial charge in [0.2, 0.25) is 0 Å². The van der Waals surface area contributed by atoms with Crippen molar-refractivity contribution >= 4 is 82.4 Å². The minimum atomic E-state index is 0.889. The fourth-order valence-electron chi connectivity index (χ4n) is 11.1. The summed E-state index contributed by atoms with van der Waals surface area (Å²) in [5.41, 5.74) is 17.7. The Morgan fingerprint density at radius 3 is 1.56 bits per heavy atom. The fourth-order valence-corrected chi connectivity index (χ4v) is 11.1. The largest absolute Gasteiger partial charge is 0.456 e. The zero-order chi connectivity index (χ0) is 46.8. The summed E-state index contributed by atoms with van der Waals surface area (Å²) in [6, 6.07) is 96.9. The van der Waals surface area contributed by atoms with E-state index in [0.29, 0.717) is 0 Å². The Hall–Kier alpha value is -9.44. The lowest BCUT2D eigenvalue weighted by Gasteiger charge is -2.29. The molecule has 3 heteroatoms. The van der Waals surface area contributed by atoms with Crippen molar-refractivity contribution in [1.29, 1.82) is 0 Å². The van der Waals surface area contributed by atoms with E-state index in [1.165, 1.54) is 48.9 Å². The van der Waals surface area contributed by atoms with Gasteiger partial charge in [-0.15, -0.1) is 0 Å². The first kappa shape index (κ1) is 40.6. The SMILES string of the molecule is c1ccc(-c2ccc(-c3cc4ccccc4c4ccccc34)cc2N(c2ccc(-c3ccc4c(c3)oc3ccccc34)cc2)c2ccc(-c3ccccc3-n3c4ccccc4c4ccccc43)cc2)cc1. The van der Waals surface area contributed by atoms with E-state index in [9.17, 15) is 0 Å². The Morgan fingerprint density at radius 1 is 0.282 bits per heavy atom. The van der Waals surface area contributed by atoms with E-state index in [-0.39, 0.29) is 0 Å². The van der Waals surface area contributed by atoms with Crippen molar-refractivity contribution in [2.45, 2.75) is 0 Å². The fraction of sp³-hybridized carbons (Fsp3) is 0. The van der Waals surface area contributed by atoms with Gasteiger partial charge < -0.3 is 13.9 Å². The number of anilines is 3. The predicted octanol–water partition coefficient (Wildman–Crippen LogP) is 19.1. The van der Waals surface area contributed by atoms with E-state index in [1.807, 2.05) is 12.1 Å². The number of furan rings is 1. The highest BCUT2D eigenvalue weighted by Crippen LogP contribution is 2.46. The molecule has 2 heterocycles. The molecule has 332 valence electrons. The van der Waals surface area contributed by atoms with Crippen molar-refractivity contribution in [2.24, 2.45) is 0 Å². The minimum Gasteiger partial charge on any atom is -0.456 e. The molecule has 14 aromatic rings. The van der Waals surface area contributed by atoms with Crippen molar-refractivity contribution in [3.8, 4) is 50.2 Å². The summed E-state index contributed by atoms with van der Waals surface area (Å²) in [6.45, 7) is 0. The summed E-state index contributed by atoms with van der Waals surface area (Å²) in [4.78, 5) is 2.43. The van der Waals surface area contributed by atoms with Gasteiger partial charge in [-0.2, -0.15) is 0 Å². The molecule has 0 bridgehead atoms. The van der Waals surface area contributed by atoms with Crippen LogP contribution in [0.15, 0.2) is 271 Å². The van der Waals surface area contributed by atoms with E-state index >= 15 is 0 Å². The molecule has 0 saturated heterocycles. The number of aromatic nitrogens is 1. The Kier molecular flexibility index (Phi) is 9.53. The maximum absolute atomic E-state index is 6.34. The second-order valence-corrected chi connectivity index (χ2v) is 18.4. The first-order valence-electron chi connectivity index (χ1n) is 24.3. The van der Waals surface area contributed by atoms with Gasteiger partial charge in [0.25, 0.3) is 0 Å². The zero-order valence-electron chi connectivity index (χ0n) is 38.7. The van der Waals surface area contributed by atoms with Crippen LogP contribution < -0.4 is 4.90 Å². The average molecular weight is 905 g/mol. The first-order valence-corrected chi connectivity index (χ1v) is 24.3. The molecule has 3 nitrogen and oxygen atoms in total. The van der Waals surface area contributed by atoms with Gasteiger partial charge in [-0.25, -0.2) is 0 Å². The highest BCUT2D eigenvalue weighted by Gasteiger charge is 2.22. The molecule has 0 aliphatic heterocycles. The number of nitrogens with zero attached hydrogens (tertiary/aromatic N) is 2. The van der Waals surface area contributed by atoms with Crippen LogP contribution in [0.5, 0.6) is 0 Å². The van der Waals surface area contributed by atoms with Crippen molar-refractivity contribution in [2.75, 3.05) is 4.90 Å². The van der Waals surface area contributed by atoms with Crippen LogP contribution in [0.3, 0.4) is 0 Å². The van der Waals surface area contributed by atoms with Gasteiger partial charge in [-0.3, -0.25) is 0 Å². The van der Waals surface area contributed by atoms with E-state index in [1.54, 1.807) is 0 Å². The van der Waals surface area contributed by atoms with Gasteiger partial charge in [0.05, 0.1) is 22.4 Å². The molecule has 0 radical (unpaired) electrons. The van der Waals surface area contributed by atoms with Crippen LogP contribution in [-0.2, 0) is 0 Å². The smallest absolute Gasteiger partial charge is 0.136 e. The van der Waals surface area contributed by atoms with Crippen molar-refractivity contribution in [3.63, 3.8) is 0 Å². The molecule has 0 aliphatic rings. The molecule has 2 aromatic heterocycles. The molecule has 71 heavy (non-hydrogen) atoms. The van der Waals surface area contributed by atoms with Crippen LogP contribution in [0.25, 0.3) is 115 Å².